The summed E-state index contributed by atoms with van der Waals surface area (Å²) < 4.78 is 51.9. The number of carbonyl (C=O) groups excluding carboxylic acids is 1. The maximum Gasteiger partial charge on any atom is 0.412 e. The molecular formula is C14H16F4N2O. The number of hydrogen-bond donors (Lipinski definition) is 1. The molecule has 0 aliphatic carbocycles. The maximum absolute atomic E-state index is 13.0. The van der Waals surface area contributed by atoms with E-state index in [1.54, 1.807) is 0 Å². The van der Waals surface area contributed by atoms with Crippen molar-refractivity contribution in [2.45, 2.75) is 25.1 Å². The molecular weight excluding hydrogens is 288 g/mol. The smallest absolute Gasteiger partial charge is 0.341 e. The summed E-state index contributed by atoms with van der Waals surface area (Å²) in [6, 6.07) is 1.84. The Morgan fingerprint density at radius 1 is 1.24 bits per heavy atom. The average molecular weight is 304 g/mol. The molecule has 116 valence electrons. The molecule has 0 radical (unpaired) electrons. The Kier molecular flexibility index (Phi) is 4.82. The van der Waals surface area contributed by atoms with Gasteiger partial charge in [-0.25, -0.2) is 4.39 Å². The third-order valence-electron chi connectivity index (χ3n) is 3.44. The Bertz CT molecular complexity index is 483. The zero-order valence-electron chi connectivity index (χ0n) is 11.3. The Labute approximate surface area is 119 Å². The fraction of sp³-hybridized carbons (Fsp3) is 0.500. The van der Waals surface area contributed by atoms with Crippen LogP contribution in [0.15, 0.2) is 24.3 Å². The molecule has 1 aromatic rings. The topological polar surface area (TPSA) is 32.3 Å². The van der Waals surface area contributed by atoms with Gasteiger partial charge >= 0.3 is 6.18 Å². The van der Waals surface area contributed by atoms with Crippen LogP contribution in [0.4, 0.5) is 17.6 Å². The first kappa shape index (κ1) is 15.8. The predicted octanol–water partition coefficient (Wildman–Crippen LogP) is 2.64. The van der Waals surface area contributed by atoms with Gasteiger partial charge in [0.25, 0.3) is 0 Å². The van der Waals surface area contributed by atoms with E-state index in [1.807, 2.05) is 10.2 Å². The molecule has 1 aromatic carbocycles. The molecule has 0 spiro atoms. The molecule has 1 aliphatic heterocycles. The van der Waals surface area contributed by atoms with Crippen molar-refractivity contribution in [1.29, 1.82) is 0 Å². The summed E-state index contributed by atoms with van der Waals surface area (Å²) in [5, 5.41) is 1.98. The molecule has 1 N–H and O–H groups in total. The highest BCUT2D eigenvalue weighted by atomic mass is 19.4. The lowest BCUT2D eigenvalue weighted by Crippen LogP contribution is -2.42. The number of amides is 1. The van der Waals surface area contributed by atoms with E-state index in [0.29, 0.717) is 6.54 Å². The van der Waals surface area contributed by atoms with Gasteiger partial charge in [0.2, 0.25) is 5.91 Å². The second-order valence-electron chi connectivity index (χ2n) is 5.04. The maximum atomic E-state index is 13.0. The summed E-state index contributed by atoms with van der Waals surface area (Å²) >= 11 is 0. The summed E-state index contributed by atoms with van der Waals surface area (Å²) in [6.07, 6.45) is -3.54. The quantitative estimate of drug-likeness (QED) is 0.848. The second kappa shape index (κ2) is 6.43. The molecule has 3 nitrogen and oxygen atoms in total. The Balaban J connectivity index is 1.99. The van der Waals surface area contributed by atoms with Crippen LogP contribution in [0.1, 0.15) is 24.4 Å². The molecule has 0 saturated carbocycles. The van der Waals surface area contributed by atoms with Crippen molar-refractivity contribution in [3.8, 4) is 0 Å². The molecule has 1 amide bonds. The van der Waals surface area contributed by atoms with Crippen molar-refractivity contribution < 1.29 is 22.4 Å². The van der Waals surface area contributed by atoms with Crippen molar-refractivity contribution in [3.05, 3.63) is 35.6 Å². The van der Waals surface area contributed by atoms with Crippen LogP contribution in [-0.4, -0.2) is 36.6 Å². The zero-order valence-corrected chi connectivity index (χ0v) is 11.3. The Hall–Kier alpha value is -1.63. The third-order valence-corrected chi connectivity index (χ3v) is 3.44. The lowest BCUT2D eigenvalue weighted by molar-refractivity contribution is -0.163. The number of hydrogen-bond acceptors (Lipinski definition) is 2. The zero-order chi connectivity index (χ0) is 15.5. The molecule has 1 fully saturated rings. The van der Waals surface area contributed by atoms with Gasteiger partial charge in [-0.1, -0.05) is 12.1 Å². The summed E-state index contributed by atoms with van der Waals surface area (Å²) in [5.41, 5.74) is -0.179. The molecule has 1 saturated heterocycles. The second-order valence-corrected chi connectivity index (χ2v) is 5.04. The monoisotopic (exact) mass is 304 g/mol. The van der Waals surface area contributed by atoms with E-state index >= 15 is 0 Å². The van der Waals surface area contributed by atoms with Gasteiger partial charge in [0.05, 0.1) is 0 Å². The number of halogens is 4. The number of carbonyl (C=O) groups is 1. The highest BCUT2D eigenvalue weighted by Gasteiger charge is 2.41. The van der Waals surface area contributed by atoms with Crippen LogP contribution in [-0.2, 0) is 4.79 Å². The Morgan fingerprint density at radius 2 is 1.86 bits per heavy atom. The van der Waals surface area contributed by atoms with Crippen LogP contribution in [0.5, 0.6) is 0 Å². The van der Waals surface area contributed by atoms with Crippen LogP contribution in [0, 0.1) is 5.82 Å². The van der Waals surface area contributed by atoms with Crippen LogP contribution in [0.2, 0.25) is 0 Å². The summed E-state index contributed by atoms with van der Waals surface area (Å²) in [7, 11) is 0. The van der Waals surface area contributed by atoms with Crippen molar-refractivity contribution in [1.82, 2.24) is 10.2 Å². The van der Waals surface area contributed by atoms with Crippen LogP contribution in [0.3, 0.4) is 0 Å². The summed E-state index contributed by atoms with van der Waals surface area (Å²) in [5.74, 6) is -1.28. The van der Waals surface area contributed by atoms with Crippen molar-refractivity contribution in [2.24, 2.45) is 0 Å². The molecule has 0 aromatic heterocycles. The van der Waals surface area contributed by atoms with E-state index in [4.69, 9.17) is 0 Å². The minimum atomic E-state index is -4.62. The van der Waals surface area contributed by atoms with Crippen molar-refractivity contribution in [2.75, 3.05) is 19.6 Å². The molecule has 1 aliphatic rings. The number of rotatable bonds is 5. The lowest BCUT2D eigenvalue weighted by atomic mass is 10.1. The largest absolute Gasteiger partial charge is 0.412 e. The van der Waals surface area contributed by atoms with Crippen molar-refractivity contribution in [3.63, 3.8) is 0 Å². The standard InChI is InChI=1S/C14H16F4N2O/c15-11-4-2-10(3-5-11)13(14(16,17)18)19-12(21)6-9-20-7-1-8-20/h2-5,13H,1,6-9H2,(H,19,21). The molecule has 1 heterocycles. The van der Waals surface area contributed by atoms with Gasteiger partial charge in [-0.3, -0.25) is 4.79 Å². The van der Waals surface area contributed by atoms with Gasteiger partial charge in [0.1, 0.15) is 5.82 Å². The van der Waals surface area contributed by atoms with Gasteiger partial charge in [-0.2, -0.15) is 13.2 Å². The molecule has 1 atom stereocenters. The number of nitrogens with zero attached hydrogens (tertiary/aromatic N) is 1. The van der Waals surface area contributed by atoms with Crippen LogP contribution >= 0.6 is 0 Å². The van der Waals surface area contributed by atoms with Gasteiger partial charge < -0.3 is 10.2 Å². The highest BCUT2D eigenvalue weighted by molar-refractivity contribution is 5.76. The van der Waals surface area contributed by atoms with E-state index in [-0.39, 0.29) is 12.0 Å². The van der Waals surface area contributed by atoms with Crippen LogP contribution in [0.25, 0.3) is 0 Å². The first-order valence-electron chi connectivity index (χ1n) is 6.70. The van der Waals surface area contributed by atoms with E-state index in [1.165, 1.54) is 0 Å². The molecule has 0 bridgehead atoms. The fourth-order valence-corrected chi connectivity index (χ4v) is 2.11. The van der Waals surface area contributed by atoms with Crippen molar-refractivity contribution >= 4 is 5.91 Å². The third kappa shape index (κ3) is 4.42. The SMILES string of the molecule is O=C(CCN1CCC1)NC(c1ccc(F)cc1)C(F)(F)F. The van der Waals surface area contributed by atoms with Gasteiger partial charge in [0.15, 0.2) is 6.04 Å². The van der Waals surface area contributed by atoms with Gasteiger partial charge in [-0.15, -0.1) is 0 Å². The van der Waals surface area contributed by atoms with E-state index in [2.05, 4.69) is 0 Å². The highest BCUT2D eigenvalue weighted by Crippen LogP contribution is 2.32. The molecule has 21 heavy (non-hydrogen) atoms. The number of nitrogens with one attached hydrogen (secondary N) is 1. The first-order valence-corrected chi connectivity index (χ1v) is 6.70. The fourth-order valence-electron chi connectivity index (χ4n) is 2.11. The number of alkyl halides is 3. The number of benzene rings is 1. The van der Waals surface area contributed by atoms with E-state index in [9.17, 15) is 22.4 Å². The number of likely N-dealkylation sites (tertiary alicyclic amines) is 1. The molecule has 1 unspecified atom stereocenters. The predicted molar refractivity (Wildman–Crippen MR) is 69.0 cm³/mol. The van der Waals surface area contributed by atoms with Gasteiger partial charge in [0, 0.05) is 13.0 Å². The average Bonchev–Trinajstić information content (AvgIpc) is 2.34. The first-order chi connectivity index (χ1) is 9.86. The summed E-state index contributed by atoms with van der Waals surface area (Å²) in [6.45, 7) is 2.22. The molecule has 2 rings (SSSR count). The van der Waals surface area contributed by atoms with E-state index < -0.39 is 23.9 Å². The van der Waals surface area contributed by atoms with Crippen LogP contribution < -0.4 is 5.32 Å². The minimum Gasteiger partial charge on any atom is -0.341 e. The summed E-state index contributed by atoms with van der Waals surface area (Å²) in [4.78, 5) is 13.7. The lowest BCUT2D eigenvalue weighted by Gasteiger charge is -2.30. The van der Waals surface area contributed by atoms with Gasteiger partial charge in [-0.05, 0) is 37.2 Å². The Morgan fingerprint density at radius 3 is 2.33 bits per heavy atom. The molecule has 7 heteroatoms. The minimum absolute atomic E-state index is 0.0216. The normalized spacial score (nSPS) is 17.1. The van der Waals surface area contributed by atoms with E-state index in [0.717, 1.165) is 43.8 Å².